The van der Waals surface area contributed by atoms with Crippen molar-refractivity contribution in [2.75, 3.05) is 7.11 Å². The molecule has 0 radical (unpaired) electrons. The van der Waals surface area contributed by atoms with Gasteiger partial charge < -0.3 is 4.74 Å². The molecule has 4 nitrogen and oxygen atoms in total. The van der Waals surface area contributed by atoms with E-state index in [0.29, 0.717) is 11.3 Å². The molecule has 0 aliphatic heterocycles. The quantitative estimate of drug-likeness (QED) is 0.730. The van der Waals surface area contributed by atoms with Gasteiger partial charge in [-0.3, -0.25) is 9.78 Å². The number of hydrogen-bond donors (Lipinski definition) is 0. The van der Waals surface area contributed by atoms with Gasteiger partial charge in [0, 0.05) is 18.0 Å². The average molecular weight is 214 g/mol. The molecule has 0 unspecified atom stereocenters. The summed E-state index contributed by atoms with van der Waals surface area (Å²) >= 11 is 0. The predicted octanol–water partition coefficient (Wildman–Crippen LogP) is 1.72. The monoisotopic (exact) mass is 214 g/mol. The van der Waals surface area contributed by atoms with Crippen LogP contribution in [0.25, 0.3) is 0 Å². The van der Waals surface area contributed by atoms with Crippen LogP contribution in [0.1, 0.15) is 16.1 Å². The fourth-order valence-electron chi connectivity index (χ4n) is 1.31. The maximum absolute atomic E-state index is 11.9. The molecule has 0 bridgehead atoms. The molecule has 1 aromatic heterocycles. The molecule has 2 aromatic rings. The molecule has 80 valence electrons. The van der Waals surface area contributed by atoms with E-state index < -0.39 is 0 Å². The highest BCUT2D eigenvalue weighted by atomic mass is 16.5. The van der Waals surface area contributed by atoms with Gasteiger partial charge in [0.2, 0.25) is 5.78 Å². The van der Waals surface area contributed by atoms with Gasteiger partial charge in [0.25, 0.3) is 0 Å². The summed E-state index contributed by atoms with van der Waals surface area (Å²) in [5, 5.41) is 0. The van der Waals surface area contributed by atoms with Crippen LogP contribution in [0, 0.1) is 0 Å². The molecule has 0 aliphatic carbocycles. The van der Waals surface area contributed by atoms with Crippen molar-refractivity contribution < 1.29 is 9.53 Å². The summed E-state index contributed by atoms with van der Waals surface area (Å²) in [5.41, 5.74) is 0.911. The highest BCUT2D eigenvalue weighted by Crippen LogP contribution is 2.13. The van der Waals surface area contributed by atoms with Crippen molar-refractivity contribution in [1.82, 2.24) is 9.97 Å². The summed E-state index contributed by atoms with van der Waals surface area (Å²) in [6, 6.07) is 6.89. The Hall–Kier alpha value is -2.23. The van der Waals surface area contributed by atoms with E-state index in [1.165, 1.54) is 18.6 Å². The minimum atomic E-state index is -0.143. The van der Waals surface area contributed by atoms with Crippen molar-refractivity contribution >= 4 is 5.78 Å². The van der Waals surface area contributed by atoms with Gasteiger partial charge in [-0.2, -0.15) is 0 Å². The Morgan fingerprint density at radius 2 is 1.94 bits per heavy atom. The normalized spacial score (nSPS) is 9.81. The highest BCUT2D eigenvalue weighted by Gasteiger charge is 2.09. The SMILES string of the molecule is COc1ccc(C(=O)c2cnccn2)cc1. The van der Waals surface area contributed by atoms with E-state index in [-0.39, 0.29) is 5.78 Å². The minimum absolute atomic E-state index is 0.143. The molecule has 0 aliphatic rings. The topological polar surface area (TPSA) is 52.1 Å². The van der Waals surface area contributed by atoms with E-state index in [4.69, 9.17) is 4.74 Å². The minimum Gasteiger partial charge on any atom is -0.497 e. The number of hydrogen-bond acceptors (Lipinski definition) is 4. The van der Waals surface area contributed by atoms with Crippen molar-refractivity contribution in [1.29, 1.82) is 0 Å². The largest absolute Gasteiger partial charge is 0.497 e. The number of rotatable bonds is 3. The zero-order chi connectivity index (χ0) is 11.4. The van der Waals surface area contributed by atoms with Crippen LogP contribution >= 0.6 is 0 Å². The van der Waals surface area contributed by atoms with Crippen LogP contribution in [0.2, 0.25) is 0 Å². The van der Waals surface area contributed by atoms with Crippen molar-refractivity contribution in [2.45, 2.75) is 0 Å². The lowest BCUT2D eigenvalue weighted by atomic mass is 10.1. The lowest BCUT2D eigenvalue weighted by molar-refractivity contribution is 0.103. The first kappa shape index (κ1) is 10.3. The lowest BCUT2D eigenvalue weighted by Gasteiger charge is -2.01. The molecule has 16 heavy (non-hydrogen) atoms. The number of methoxy groups -OCH3 is 1. The molecule has 0 spiro atoms. The van der Waals surface area contributed by atoms with Crippen molar-refractivity contribution in [3.63, 3.8) is 0 Å². The van der Waals surface area contributed by atoms with E-state index in [9.17, 15) is 4.79 Å². The summed E-state index contributed by atoms with van der Waals surface area (Å²) in [6.45, 7) is 0. The molecule has 0 amide bonds. The molecule has 0 atom stereocenters. The molecule has 0 N–H and O–H groups in total. The van der Waals surface area contributed by atoms with Gasteiger partial charge in [-0.15, -0.1) is 0 Å². The summed E-state index contributed by atoms with van der Waals surface area (Å²) in [5.74, 6) is 0.575. The van der Waals surface area contributed by atoms with Gasteiger partial charge in [-0.1, -0.05) is 0 Å². The fraction of sp³-hybridized carbons (Fsp3) is 0.0833. The van der Waals surface area contributed by atoms with Gasteiger partial charge in [0.05, 0.1) is 13.3 Å². The molecular formula is C12H10N2O2. The number of benzene rings is 1. The Labute approximate surface area is 92.9 Å². The Morgan fingerprint density at radius 3 is 2.50 bits per heavy atom. The molecule has 0 saturated heterocycles. The number of aromatic nitrogens is 2. The van der Waals surface area contributed by atoms with Gasteiger partial charge in [-0.25, -0.2) is 4.98 Å². The summed E-state index contributed by atoms with van der Waals surface area (Å²) in [4.78, 5) is 19.7. The van der Waals surface area contributed by atoms with E-state index in [1.807, 2.05) is 0 Å². The third-order valence-corrected chi connectivity index (χ3v) is 2.15. The Morgan fingerprint density at radius 1 is 1.19 bits per heavy atom. The Balaban J connectivity index is 2.28. The van der Waals surface area contributed by atoms with Crippen LogP contribution in [0.3, 0.4) is 0 Å². The number of carbonyl (C=O) groups is 1. The van der Waals surface area contributed by atoms with E-state index in [0.717, 1.165) is 5.75 Å². The molecule has 2 rings (SSSR count). The lowest BCUT2D eigenvalue weighted by Crippen LogP contribution is -2.03. The molecule has 1 aromatic carbocycles. The van der Waals surface area contributed by atoms with Gasteiger partial charge >= 0.3 is 0 Å². The maximum atomic E-state index is 11.9. The third kappa shape index (κ3) is 2.06. The Bertz CT molecular complexity index is 480. The van der Waals surface area contributed by atoms with Crippen molar-refractivity contribution in [2.24, 2.45) is 0 Å². The number of ketones is 1. The first-order valence-corrected chi connectivity index (χ1v) is 4.76. The first-order valence-electron chi connectivity index (χ1n) is 4.76. The molecule has 0 saturated carbocycles. The van der Waals surface area contributed by atoms with Gasteiger partial charge in [-0.05, 0) is 24.3 Å². The summed E-state index contributed by atoms with van der Waals surface area (Å²) in [6.07, 6.45) is 4.48. The second-order valence-corrected chi connectivity index (χ2v) is 3.15. The highest BCUT2D eigenvalue weighted by molar-refractivity contribution is 6.07. The predicted molar refractivity (Wildman–Crippen MR) is 58.5 cm³/mol. The number of carbonyl (C=O) groups excluding carboxylic acids is 1. The summed E-state index contributed by atoms with van der Waals surface area (Å²) in [7, 11) is 1.58. The second kappa shape index (κ2) is 4.53. The first-order chi connectivity index (χ1) is 7.81. The Kier molecular flexibility index (Phi) is 2.91. The van der Waals surface area contributed by atoms with Crippen LogP contribution in [0.15, 0.2) is 42.9 Å². The molecule has 4 heteroatoms. The van der Waals surface area contributed by atoms with Gasteiger partial charge in [0.1, 0.15) is 11.4 Å². The van der Waals surface area contributed by atoms with Crippen molar-refractivity contribution in [3.05, 3.63) is 54.1 Å². The van der Waals surface area contributed by atoms with Crippen LogP contribution in [-0.4, -0.2) is 22.9 Å². The molecule has 0 fully saturated rings. The standard InChI is InChI=1S/C12H10N2O2/c1-16-10-4-2-9(3-5-10)12(15)11-8-13-6-7-14-11/h2-8H,1H3. The van der Waals surface area contributed by atoms with Crippen LogP contribution in [-0.2, 0) is 0 Å². The maximum Gasteiger partial charge on any atom is 0.212 e. The average Bonchev–Trinajstić information content (AvgIpc) is 2.39. The second-order valence-electron chi connectivity index (χ2n) is 3.15. The number of ether oxygens (including phenoxy) is 1. The number of nitrogens with zero attached hydrogens (tertiary/aromatic N) is 2. The fourth-order valence-corrected chi connectivity index (χ4v) is 1.31. The zero-order valence-electron chi connectivity index (χ0n) is 8.75. The van der Waals surface area contributed by atoms with E-state index in [2.05, 4.69) is 9.97 Å². The van der Waals surface area contributed by atoms with Crippen LogP contribution < -0.4 is 4.74 Å². The molecule has 1 heterocycles. The van der Waals surface area contributed by atoms with Crippen molar-refractivity contribution in [3.8, 4) is 5.75 Å². The molecular weight excluding hydrogens is 204 g/mol. The van der Waals surface area contributed by atoms with Crippen LogP contribution in [0.4, 0.5) is 0 Å². The zero-order valence-corrected chi connectivity index (χ0v) is 8.75. The summed E-state index contributed by atoms with van der Waals surface area (Å²) < 4.78 is 5.02. The van der Waals surface area contributed by atoms with Gasteiger partial charge in [0.15, 0.2) is 0 Å². The van der Waals surface area contributed by atoms with E-state index in [1.54, 1.807) is 31.4 Å². The van der Waals surface area contributed by atoms with Crippen LogP contribution in [0.5, 0.6) is 5.75 Å². The smallest absolute Gasteiger partial charge is 0.212 e. The van der Waals surface area contributed by atoms with E-state index >= 15 is 0 Å². The third-order valence-electron chi connectivity index (χ3n) is 2.15.